The second kappa shape index (κ2) is 5.24. The van der Waals surface area contributed by atoms with Crippen LogP contribution in [0, 0.1) is 0 Å². The predicted octanol–water partition coefficient (Wildman–Crippen LogP) is -0.118. The maximum absolute atomic E-state index is 10.5. The van der Waals surface area contributed by atoms with E-state index in [1.165, 1.54) is 6.92 Å². The number of ketones is 1. The minimum atomic E-state index is 0.0725. The zero-order valence-corrected chi connectivity index (χ0v) is 7.41. The van der Waals surface area contributed by atoms with E-state index in [9.17, 15) is 4.79 Å². The highest BCUT2D eigenvalue weighted by atomic mass is 16.5. The van der Waals surface area contributed by atoms with Crippen molar-refractivity contribution in [2.24, 2.45) is 0 Å². The Morgan fingerprint density at radius 3 is 2.75 bits per heavy atom. The molecule has 4 nitrogen and oxygen atoms in total. The van der Waals surface area contributed by atoms with E-state index in [1.807, 2.05) is 0 Å². The first-order chi connectivity index (χ1) is 5.79. The summed E-state index contributed by atoms with van der Waals surface area (Å²) in [7, 11) is 0. The lowest BCUT2D eigenvalue weighted by Crippen LogP contribution is -2.38. The molecule has 1 aliphatic heterocycles. The van der Waals surface area contributed by atoms with Gasteiger partial charge in [-0.3, -0.25) is 9.69 Å². The number of carbonyl (C=O) groups excluding carboxylic acids is 1. The molecule has 0 aromatic carbocycles. The van der Waals surface area contributed by atoms with Crippen LogP contribution in [0.2, 0.25) is 0 Å². The van der Waals surface area contributed by atoms with Crippen LogP contribution in [0.5, 0.6) is 0 Å². The molecule has 0 amide bonds. The van der Waals surface area contributed by atoms with Gasteiger partial charge < -0.3 is 9.47 Å². The summed E-state index contributed by atoms with van der Waals surface area (Å²) in [6.07, 6.45) is 0. The van der Waals surface area contributed by atoms with Gasteiger partial charge in [-0.15, -0.1) is 0 Å². The molecule has 0 N–H and O–H groups in total. The molecule has 1 aliphatic rings. The largest absolute Gasteiger partial charge is 0.379 e. The summed E-state index contributed by atoms with van der Waals surface area (Å²) in [6, 6.07) is 0. The number of morpholine rings is 1. The molecule has 0 aromatic heterocycles. The van der Waals surface area contributed by atoms with Crippen molar-refractivity contribution in [2.75, 3.05) is 39.6 Å². The van der Waals surface area contributed by atoms with Crippen LogP contribution in [-0.2, 0) is 14.3 Å². The van der Waals surface area contributed by atoms with Crippen molar-refractivity contribution in [2.45, 2.75) is 6.92 Å². The molecular weight excluding hydrogens is 158 g/mol. The van der Waals surface area contributed by atoms with Crippen LogP contribution in [0.1, 0.15) is 6.92 Å². The van der Waals surface area contributed by atoms with Gasteiger partial charge in [-0.05, 0) is 6.92 Å². The molecule has 0 bridgehead atoms. The van der Waals surface area contributed by atoms with Crippen molar-refractivity contribution in [3.63, 3.8) is 0 Å². The fraction of sp³-hybridized carbons (Fsp3) is 0.875. The van der Waals surface area contributed by atoms with Crippen LogP contribution < -0.4 is 0 Å². The Hall–Kier alpha value is -0.450. The molecule has 0 aromatic rings. The molecule has 1 heterocycles. The molecule has 4 heteroatoms. The highest BCUT2D eigenvalue weighted by Gasteiger charge is 2.09. The fourth-order valence-corrected chi connectivity index (χ4v) is 1.05. The third-order valence-corrected chi connectivity index (χ3v) is 1.68. The van der Waals surface area contributed by atoms with Gasteiger partial charge in [0.15, 0.2) is 5.78 Å². The second-order valence-corrected chi connectivity index (χ2v) is 2.91. The molecule has 0 aliphatic carbocycles. The average Bonchev–Trinajstić information content (AvgIpc) is 2.05. The quantitative estimate of drug-likeness (QED) is 0.594. The van der Waals surface area contributed by atoms with Crippen molar-refractivity contribution >= 4 is 5.78 Å². The monoisotopic (exact) mass is 173 g/mol. The smallest absolute Gasteiger partial charge is 0.155 e. The Kier molecular flexibility index (Phi) is 4.21. The molecule has 70 valence electrons. The summed E-state index contributed by atoms with van der Waals surface area (Å²) in [6.45, 7) is 5.63. The number of rotatable bonds is 4. The van der Waals surface area contributed by atoms with E-state index in [0.29, 0.717) is 6.73 Å². The summed E-state index contributed by atoms with van der Waals surface area (Å²) in [5, 5.41) is 0. The summed E-state index contributed by atoms with van der Waals surface area (Å²) in [5.41, 5.74) is 0. The lowest BCUT2D eigenvalue weighted by Gasteiger charge is -2.25. The first kappa shape index (κ1) is 9.64. The summed E-state index contributed by atoms with van der Waals surface area (Å²) >= 11 is 0. The maximum Gasteiger partial charge on any atom is 0.155 e. The SMILES string of the molecule is CC(=O)COCN1CCOCC1. The Labute approximate surface area is 72.4 Å². The number of nitrogens with zero attached hydrogens (tertiary/aromatic N) is 1. The third kappa shape index (κ3) is 3.80. The van der Waals surface area contributed by atoms with Crippen LogP contribution in [0.4, 0.5) is 0 Å². The van der Waals surface area contributed by atoms with Gasteiger partial charge in [0.2, 0.25) is 0 Å². The minimum Gasteiger partial charge on any atom is -0.379 e. The fourth-order valence-electron chi connectivity index (χ4n) is 1.05. The molecule has 1 saturated heterocycles. The third-order valence-electron chi connectivity index (χ3n) is 1.68. The van der Waals surface area contributed by atoms with E-state index in [2.05, 4.69) is 4.90 Å². The number of hydrogen-bond acceptors (Lipinski definition) is 4. The van der Waals surface area contributed by atoms with E-state index < -0.39 is 0 Å². The zero-order chi connectivity index (χ0) is 8.81. The van der Waals surface area contributed by atoms with Gasteiger partial charge in [0.25, 0.3) is 0 Å². The molecule has 0 unspecified atom stereocenters. The van der Waals surface area contributed by atoms with Gasteiger partial charge >= 0.3 is 0 Å². The van der Waals surface area contributed by atoms with Gasteiger partial charge in [-0.25, -0.2) is 0 Å². The van der Waals surface area contributed by atoms with Crippen molar-refractivity contribution in [3.05, 3.63) is 0 Å². The van der Waals surface area contributed by atoms with E-state index in [-0.39, 0.29) is 12.4 Å². The lowest BCUT2D eigenvalue weighted by atomic mass is 10.4. The zero-order valence-electron chi connectivity index (χ0n) is 7.41. The number of hydrogen-bond donors (Lipinski definition) is 0. The molecule has 0 radical (unpaired) electrons. The highest BCUT2D eigenvalue weighted by Crippen LogP contribution is 1.95. The van der Waals surface area contributed by atoms with Gasteiger partial charge in [0.1, 0.15) is 6.61 Å². The molecule has 0 atom stereocenters. The normalized spacial score (nSPS) is 19.4. The van der Waals surface area contributed by atoms with Gasteiger partial charge in [-0.2, -0.15) is 0 Å². The van der Waals surface area contributed by atoms with Crippen molar-refractivity contribution < 1.29 is 14.3 Å². The van der Waals surface area contributed by atoms with Crippen LogP contribution in [0.25, 0.3) is 0 Å². The van der Waals surface area contributed by atoms with Gasteiger partial charge in [0, 0.05) is 13.1 Å². The van der Waals surface area contributed by atoms with Crippen molar-refractivity contribution in [1.29, 1.82) is 0 Å². The predicted molar refractivity (Wildman–Crippen MR) is 43.9 cm³/mol. The molecule has 1 rings (SSSR count). The average molecular weight is 173 g/mol. The molecule has 0 saturated carbocycles. The summed E-state index contributed by atoms with van der Waals surface area (Å²) in [4.78, 5) is 12.6. The Morgan fingerprint density at radius 1 is 1.50 bits per heavy atom. The Balaban J connectivity index is 2.01. The lowest BCUT2D eigenvalue weighted by molar-refractivity contribution is -0.124. The van der Waals surface area contributed by atoms with Crippen LogP contribution in [0.3, 0.4) is 0 Å². The minimum absolute atomic E-state index is 0.0725. The molecule has 1 fully saturated rings. The van der Waals surface area contributed by atoms with E-state index in [0.717, 1.165) is 26.3 Å². The molecule has 0 spiro atoms. The number of Topliss-reactive ketones (excluding diaryl/α,β-unsaturated/α-hetero) is 1. The van der Waals surface area contributed by atoms with E-state index in [4.69, 9.17) is 9.47 Å². The first-order valence-electron chi connectivity index (χ1n) is 4.16. The summed E-state index contributed by atoms with van der Waals surface area (Å²) in [5.74, 6) is 0.0725. The van der Waals surface area contributed by atoms with Crippen LogP contribution >= 0.6 is 0 Å². The van der Waals surface area contributed by atoms with E-state index >= 15 is 0 Å². The highest BCUT2D eigenvalue weighted by molar-refractivity contribution is 5.76. The van der Waals surface area contributed by atoms with Gasteiger partial charge in [0.05, 0.1) is 19.9 Å². The Bertz CT molecular complexity index is 143. The number of carbonyl (C=O) groups is 1. The van der Waals surface area contributed by atoms with Crippen molar-refractivity contribution in [3.8, 4) is 0 Å². The second-order valence-electron chi connectivity index (χ2n) is 2.91. The van der Waals surface area contributed by atoms with E-state index in [1.54, 1.807) is 0 Å². The maximum atomic E-state index is 10.5. The van der Waals surface area contributed by atoms with Gasteiger partial charge in [-0.1, -0.05) is 0 Å². The number of ether oxygens (including phenoxy) is 2. The first-order valence-corrected chi connectivity index (χ1v) is 4.16. The molecule has 12 heavy (non-hydrogen) atoms. The van der Waals surface area contributed by atoms with Crippen molar-refractivity contribution in [1.82, 2.24) is 4.90 Å². The standard InChI is InChI=1S/C8H15NO3/c1-8(10)6-12-7-9-2-4-11-5-3-9/h2-7H2,1H3. The Morgan fingerprint density at radius 2 is 2.17 bits per heavy atom. The van der Waals surface area contributed by atoms with Crippen LogP contribution in [-0.4, -0.2) is 50.3 Å². The topological polar surface area (TPSA) is 38.8 Å². The summed E-state index contributed by atoms with van der Waals surface area (Å²) < 4.78 is 10.3. The molecular formula is C8H15NO3. The van der Waals surface area contributed by atoms with Crippen LogP contribution in [0.15, 0.2) is 0 Å².